The van der Waals surface area contributed by atoms with E-state index in [4.69, 9.17) is 16.7 Å². The normalized spacial score (nSPS) is 11.8. The fraction of sp³-hybridized carbons (Fsp3) is 0.200. The highest BCUT2D eigenvalue weighted by Crippen LogP contribution is 2.24. The van der Waals surface area contributed by atoms with Gasteiger partial charge in [0.2, 0.25) is 0 Å². The number of aliphatic hydroxyl groups excluding tert-OH is 1. The summed E-state index contributed by atoms with van der Waals surface area (Å²) in [7, 11) is 0. The molecule has 0 saturated heterocycles. The Morgan fingerprint density at radius 3 is 2.59 bits per heavy atom. The van der Waals surface area contributed by atoms with Gasteiger partial charge < -0.3 is 20.3 Å². The second-order valence-corrected chi connectivity index (χ2v) is 5.20. The van der Waals surface area contributed by atoms with Crippen molar-refractivity contribution in [2.75, 3.05) is 11.9 Å². The number of aromatic nitrogens is 1. The van der Waals surface area contributed by atoms with Gasteiger partial charge in [-0.25, -0.2) is 0 Å². The van der Waals surface area contributed by atoms with Gasteiger partial charge in [0.25, 0.3) is 0 Å². The van der Waals surface area contributed by atoms with E-state index in [0.717, 1.165) is 0 Å². The summed E-state index contributed by atoms with van der Waals surface area (Å²) in [4.78, 5) is 23.6. The predicted molar refractivity (Wildman–Crippen MR) is 84.1 cm³/mol. The van der Waals surface area contributed by atoms with Crippen LogP contribution in [0.1, 0.15) is 6.92 Å². The van der Waals surface area contributed by atoms with Crippen LogP contribution in [0.25, 0.3) is 5.69 Å². The molecule has 1 aromatic carbocycles. The summed E-state index contributed by atoms with van der Waals surface area (Å²) in [5.74, 6) is -1.62. The predicted octanol–water partition coefficient (Wildman–Crippen LogP) is 1.57. The van der Waals surface area contributed by atoms with E-state index in [-0.39, 0.29) is 6.61 Å². The van der Waals surface area contributed by atoms with Crippen molar-refractivity contribution >= 4 is 29.1 Å². The molecule has 6 nitrogen and oxygen atoms in total. The number of aliphatic hydroxyl groups is 1. The SMILES string of the molecule is CC(CO)NC(=O)C(=O)Nc1ccc(Cl)cc1-n1cccc1. The maximum Gasteiger partial charge on any atom is 0.313 e. The number of carbonyl (C=O) groups excluding carboxylic acids is 2. The first-order valence-electron chi connectivity index (χ1n) is 6.67. The Labute approximate surface area is 132 Å². The molecule has 2 amide bonds. The topological polar surface area (TPSA) is 83.4 Å². The van der Waals surface area contributed by atoms with E-state index < -0.39 is 17.9 Å². The fourth-order valence-corrected chi connectivity index (χ4v) is 2.00. The van der Waals surface area contributed by atoms with Crippen molar-refractivity contribution in [2.45, 2.75) is 13.0 Å². The van der Waals surface area contributed by atoms with Gasteiger partial charge in [-0.2, -0.15) is 0 Å². The molecule has 0 aliphatic carbocycles. The molecule has 7 heteroatoms. The fourth-order valence-electron chi connectivity index (χ4n) is 1.83. The van der Waals surface area contributed by atoms with Gasteiger partial charge in [-0.15, -0.1) is 0 Å². The summed E-state index contributed by atoms with van der Waals surface area (Å²) in [5.41, 5.74) is 1.10. The summed E-state index contributed by atoms with van der Waals surface area (Å²) < 4.78 is 1.77. The number of carbonyl (C=O) groups is 2. The van der Waals surface area contributed by atoms with Gasteiger partial charge in [0.1, 0.15) is 0 Å². The molecule has 1 aromatic heterocycles. The molecule has 0 saturated carbocycles. The highest BCUT2D eigenvalue weighted by atomic mass is 35.5. The summed E-state index contributed by atoms with van der Waals surface area (Å²) in [6.07, 6.45) is 3.60. The van der Waals surface area contributed by atoms with Crippen LogP contribution in [0.15, 0.2) is 42.7 Å². The summed E-state index contributed by atoms with van der Waals surface area (Å²) >= 11 is 5.99. The summed E-state index contributed by atoms with van der Waals surface area (Å²) in [5, 5.41) is 14.3. The Hall–Kier alpha value is -2.31. The zero-order valence-electron chi connectivity index (χ0n) is 11.9. The number of nitrogens with zero attached hydrogens (tertiary/aromatic N) is 1. The minimum absolute atomic E-state index is 0.241. The first-order valence-corrected chi connectivity index (χ1v) is 7.04. The molecule has 0 spiro atoms. The van der Waals surface area contributed by atoms with Crippen LogP contribution in [0.3, 0.4) is 0 Å². The number of rotatable bonds is 4. The van der Waals surface area contributed by atoms with Crippen LogP contribution in [-0.2, 0) is 9.59 Å². The Kier molecular flexibility index (Phi) is 5.19. The molecule has 0 radical (unpaired) electrons. The van der Waals surface area contributed by atoms with Crippen LogP contribution >= 0.6 is 11.6 Å². The van der Waals surface area contributed by atoms with Gasteiger partial charge in [-0.05, 0) is 37.3 Å². The van der Waals surface area contributed by atoms with Crippen LogP contribution < -0.4 is 10.6 Å². The van der Waals surface area contributed by atoms with Gasteiger partial charge in [0.15, 0.2) is 0 Å². The minimum Gasteiger partial charge on any atom is -0.394 e. The van der Waals surface area contributed by atoms with E-state index in [9.17, 15) is 9.59 Å². The molecule has 116 valence electrons. The molecule has 1 heterocycles. The molecule has 0 aliphatic heterocycles. The number of nitrogens with one attached hydrogen (secondary N) is 2. The van der Waals surface area contributed by atoms with Crippen molar-refractivity contribution in [3.05, 3.63) is 47.7 Å². The first kappa shape index (κ1) is 16.1. The second-order valence-electron chi connectivity index (χ2n) is 4.76. The molecular weight excluding hydrogens is 306 g/mol. The van der Waals surface area contributed by atoms with Crippen molar-refractivity contribution in [1.29, 1.82) is 0 Å². The lowest BCUT2D eigenvalue weighted by atomic mass is 10.2. The van der Waals surface area contributed by atoms with Gasteiger partial charge in [-0.3, -0.25) is 9.59 Å². The lowest BCUT2D eigenvalue weighted by Gasteiger charge is -2.14. The Bertz CT molecular complexity index is 671. The zero-order chi connectivity index (χ0) is 16.1. The Morgan fingerprint density at radius 2 is 1.95 bits per heavy atom. The second kappa shape index (κ2) is 7.11. The number of hydrogen-bond acceptors (Lipinski definition) is 3. The molecule has 3 N–H and O–H groups in total. The molecule has 2 aromatic rings. The third kappa shape index (κ3) is 3.87. The number of halogens is 1. The van der Waals surface area contributed by atoms with Crippen LogP contribution in [0.2, 0.25) is 5.02 Å². The quantitative estimate of drug-likeness (QED) is 0.747. The van der Waals surface area contributed by atoms with Crippen LogP contribution in [0.5, 0.6) is 0 Å². The first-order chi connectivity index (χ1) is 10.5. The van der Waals surface area contributed by atoms with Crippen molar-refractivity contribution in [1.82, 2.24) is 9.88 Å². The number of benzene rings is 1. The zero-order valence-corrected chi connectivity index (χ0v) is 12.7. The van der Waals surface area contributed by atoms with Crippen molar-refractivity contribution in [2.24, 2.45) is 0 Å². The van der Waals surface area contributed by atoms with Gasteiger partial charge >= 0.3 is 11.8 Å². The largest absolute Gasteiger partial charge is 0.394 e. The monoisotopic (exact) mass is 321 g/mol. The van der Waals surface area contributed by atoms with Crippen LogP contribution in [0, 0.1) is 0 Å². The van der Waals surface area contributed by atoms with Gasteiger partial charge in [-0.1, -0.05) is 11.6 Å². The van der Waals surface area contributed by atoms with E-state index in [1.807, 2.05) is 12.1 Å². The van der Waals surface area contributed by atoms with Crippen LogP contribution in [0.4, 0.5) is 5.69 Å². The molecule has 1 atom stereocenters. The Balaban J connectivity index is 2.19. The number of amides is 2. The summed E-state index contributed by atoms with van der Waals surface area (Å²) in [6, 6.07) is 8.11. The Morgan fingerprint density at radius 1 is 1.27 bits per heavy atom. The average Bonchev–Trinajstić information content (AvgIpc) is 3.02. The number of anilines is 1. The lowest BCUT2D eigenvalue weighted by molar-refractivity contribution is -0.136. The third-order valence-corrected chi connectivity index (χ3v) is 3.18. The molecule has 1 unspecified atom stereocenters. The van der Waals surface area contributed by atoms with E-state index >= 15 is 0 Å². The maximum absolute atomic E-state index is 11.9. The molecule has 0 aliphatic rings. The van der Waals surface area contributed by atoms with Crippen LogP contribution in [-0.4, -0.2) is 34.1 Å². The lowest BCUT2D eigenvalue weighted by Crippen LogP contribution is -2.42. The highest BCUT2D eigenvalue weighted by Gasteiger charge is 2.17. The molecule has 2 rings (SSSR count). The van der Waals surface area contributed by atoms with Gasteiger partial charge in [0, 0.05) is 23.5 Å². The molecule has 0 bridgehead atoms. The summed E-state index contributed by atoms with van der Waals surface area (Å²) in [6.45, 7) is 1.35. The van der Waals surface area contributed by atoms with E-state index in [2.05, 4.69) is 10.6 Å². The molecular formula is C15H16ClN3O3. The molecule has 22 heavy (non-hydrogen) atoms. The smallest absolute Gasteiger partial charge is 0.313 e. The van der Waals surface area contributed by atoms with E-state index in [1.54, 1.807) is 42.1 Å². The van der Waals surface area contributed by atoms with Crippen molar-refractivity contribution in [3.8, 4) is 5.69 Å². The standard InChI is InChI=1S/C15H16ClN3O3/c1-10(9-20)17-14(21)15(22)18-12-5-4-11(16)8-13(12)19-6-2-3-7-19/h2-8,10,20H,9H2,1H3,(H,17,21)(H,18,22). The van der Waals surface area contributed by atoms with Gasteiger partial charge in [0.05, 0.1) is 18.0 Å². The van der Waals surface area contributed by atoms with E-state index in [1.165, 1.54) is 0 Å². The van der Waals surface area contributed by atoms with E-state index in [0.29, 0.717) is 16.4 Å². The molecule has 0 fully saturated rings. The highest BCUT2D eigenvalue weighted by molar-refractivity contribution is 6.40. The minimum atomic E-state index is -0.810. The maximum atomic E-state index is 11.9. The van der Waals surface area contributed by atoms with Crippen molar-refractivity contribution < 1.29 is 14.7 Å². The third-order valence-electron chi connectivity index (χ3n) is 2.95. The number of hydrogen-bond donors (Lipinski definition) is 3. The average molecular weight is 322 g/mol. The van der Waals surface area contributed by atoms with Crippen molar-refractivity contribution in [3.63, 3.8) is 0 Å².